The molecule has 0 radical (unpaired) electrons. The summed E-state index contributed by atoms with van der Waals surface area (Å²) in [7, 11) is 1.98. The maximum Gasteiger partial charge on any atom is 0.0699 e. The molecule has 1 fully saturated rings. The highest BCUT2D eigenvalue weighted by molar-refractivity contribution is 4.77. The molecule has 1 aliphatic rings. The number of hydrogen-bond acceptors (Lipinski definition) is 2. The minimum Gasteiger partial charge on any atom is -0.376 e. The van der Waals surface area contributed by atoms with Crippen molar-refractivity contribution < 1.29 is 4.74 Å². The van der Waals surface area contributed by atoms with Crippen LogP contribution in [0.25, 0.3) is 0 Å². The first-order valence-electron chi connectivity index (χ1n) is 4.40. The number of rotatable bonds is 2. The van der Waals surface area contributed by atoms with Crippen molar-refractivity contribution in [3.05, 3.63) is 0 Å². The van der Waals surface area contributed by atoms with Crippen LogP contribution < -0.4 is 5.32 Å². The quantitative estimate of drug-likeness (QED) is 0.654. The van der Waals surface area contributed by atoms with Crippen LogP contribution in [0.1, 0.15) is 26.7 Å². The van der Waals surface area contributed by atoms with Crippen molar-refractivity contribution in [3.8, 4) is 0 Å². The lowest BCUT2D eigenvalue weighted by atomic mass is 9.85. The van der Waals surface area contributed by atoms with Crippen LogP contribution in [0, 0.1) is 5.41 Å². The van der Waals surface area contributed by atoms with Crippen molar-refractivity contribution in [2.45, 2.75) is 32.8 Å². The zero-order valence-electron chi connectivity index (χ0n) is 7.81. The molecule has 1 aliphatic heterocycles. The molecular formula is C9H19NO. The van der Waals surface area contributed by atoms with Gasteiger partial charge in [-0.2, -0.15) is 0 Å². The van der Waals surface area contributed by atoms with Crippen LogP contribution >= 0.6 is 0 Å². The molecule has 66 valence electrons. The third-order valence-electron chi connectivity index (χ3n) is 2.28. The molecule has 1 saturated heterocycles. The van der Waals surface area contributed by atoms with E-state index in [9.17, 15) is 0 Å². The average molecular weight is 157 g/mol. The molecule has 0 aromatic rings. The summed E-state index contributed by atoms with van der Waals surface area (Å²) in [5.74, 6) is 0. The van der Waals surface area contributed by atoms with Gasteiger partial charge in [-0.15, -0.1) is 0 Å². The van der Waals surface area contributed by atoms with E-state index in [-0.39, 0.29) is 0 Å². The van der Waals surface area contributed by atoms with Gasteiger partial charge in [-0.1, -0.05) is 13.8 Å². The predicted molar refractivity (Wildman–Crippen MR) is 46.7 cm³/mol. The summed E-state index contributed by atoms with van der Waals surface area (Å²) < 4.78 is 5.67. The lowest BCUT2D eigenvalue weighted by Crippen LogP contribution is -2.36. The van der Waals surface area contributed by atoms with Crippen molar-refractivity contribution >= 4 is 0 Å². The fraction of sp³-hybridized carbons (Fsp3) is 1.00. The van der Waals surface area contributed by atoms with Crippen LogP contribution in [0.5, 0.6) is 0 Å². The van der Waals surface area contributed by atoms with Crippen molar-refractivity contribution in [3.63, 3.8) is 0 Å². The molecule has 0 amide bonds. The van der Waals surface area contributed by atoms with Gasteiger partial charge >= 0.3 is 0 Å². The Labute approximate surface area is 69.3 Å². The van der Waals surface area contributed by atoms with Crippen molar-refractivity contribution in [2.24, 2.45) is 5.41 Å². The summed E-state index contributed by atoms with van der Waals surface area (Å²) in [5.41, 5.74) is 0.407. The zero-order valence-corrected chi connectivity index (χ0v) is 7.81. The minimum atomic E-state index is 0.407. The fourth-order valence-corrected chi connectivity index (χ4v) is 1.44. The van der Waals surface area contributed by atoms with Gasteiger partial charge in [0.1, 0.15) is 0 Å². The largest absolute Gasteiger partial charge is 0.376 e. The molecule has 0 aliphatic carbocycles. The Kier molecular flexibility index (Phi) is 2.90. The second-order valence-electron chi connectivity index (χ2n) is 4.19. The lowest BCUT2D eigenvalue weighted by Gasteiger charge is -2.34. The standard InChI is InChI=1S/C9H19NO/c1-9(2)5-4-8(6-10-3)11-7-9/h8,10H,4-7H2,1-3H3/t8-/m1/s1. The summed E-state index contributed by atoms with van der Waals surface area (Å²) in [4.78, 5) is 0. The Hall–Kier alpha value is -0.0800. The summed E-state index contributed by atoms with van der Waals surface area (Å²) in [6, 6.07) is 0. The summed E-state index contributed by atoms with van der Waals surface area (Å²) >= 11 is 0. The second-order valence-corrected chi connectivity index (χ2v) is 4.19. The van der Waals surface area contributed by atoms with E-state index < -0.39 is 0 Å². The highest BCUT2D eigenvalue weighted by Crippen LogP contribution is 2.29. The maximum atomic E-state index is 5.67. The van der Waals surface area contributed by atoms with E-state index >= 15 is 0 Å². The Balaban J connectivity index is 2.25. The number of nitrogens with one attached hydrogen (secondary N) is 1. The van der Waals surface area contributed by atoms with Crippen molar-refractivity contribution in [2.75, 3.05) is 20.2 Å². The minimum absolute atomic E-state index is 0.407. The molecular weight excluding hydrogens is 138 g/mol. The first kappa shape index (κ1) is 9.01. The van der Waals surface area contributed by atoms with E-state index in [4.69, 9.17) is 4.74 Å². The van der Waals surface area contributed by atoms with E-state index in [1.165, 1.54) is 12.8 Å². The van der Waals surface area contributed by atoms with Crippen LogP contribution in [0.2, 0.25) is 0 Å². The third-order valence-corrected chi connectivity index (χ3v) is 2.28. The Morgan fingerprint density at radius 3 is 2.73 bits per heavy atom. The highest BCUT2D eigenvalue weighted by atomic mass is 16.5. The Bertz CT molecular complexity index is 113. The average Bonchev–Trinajstić information content (AvgIpc) is 1.94. The predicted octanol–water partition coefficient (Wildman–Crippen LogP) is 1.41. The van der Waals surface area contributed by atoms with Crippen LogP contribution in [-0.4, -0.2) is 26.3 Å². The molecule has 1 rings (SSSR count). The third kappa shape index (κ3) is 2.80. The first-order valence-corrected chi connectivity index (χ1v) is 4.40. The number of likely N-dealkylation sites (N-methyl/N-ethyl adjacent to an activating group) is 1. The second kappa shape index (κ2) is 3.55. The van der Waals surface area contributed by atoms with Gasteiger partial charge in [-0.25, -0.2) is 0 Å². The molecule has 11 heavy (non-hydrogen) atoms. The SMILES string of the molecule is CNC[C@H]1CCC(C)(C)CO1. The normalized spacial score (nSPS) is 30.3. The molecule has 2 nitrogen and oxygen atoms in total. The van der Waals surface area contributed by atoms with Crippen molar-refractivity contribution in [1.29, 1.82) is 0 Å². The van der Waals surface area contributed by atoms with Crippen LogP contribution in [0.4, 0.5) is 0 Å². The number of hydrogen-bond donors (Lipinski definition) is 1. The van der Waals surface area contributed by atoms with Crippen LogP contribution in [0.3, 0.4) is 0 Å². The van der Waals surface area contributed by atoms with Crippen LogP contribution in [-0.2, 0) is 4.74 Å². The Morgan fingerprint density at radius 1 is 1.55 bits per heavy atom. The molecule has 1 atom stereocenters. The van der Waals surface area contributed by atoms with Gasteiger partial charge in [-0.05, 0) is 25.3 Å². The Morgan fingerprint density at radius 2 is 2.27 bits per heavy atom. The van der Waals surface area contributed by atoms with Crippen LogP contribution in [0.15, 0.2) is 0 Å². The van der Waals surface area contributed by atoms with Gasteiger partial charge in [0, 0.05) is 6.54 Å². The van der Waals surface area contributed by atoms with Gasteiger partial charge in [0.25, 0.3) is 0 Å². The smallest absolute Gasteiger partial charge is 0.0699 e. The maximum absolute atomic E-state index is 5.67. The molecule has 0 saturated carbocycles. The summed E-state index contributed by atoms with van der Waals surface area (Å²) in [5, 5.41) is 3.14. The van der Waals surface area contributed by atoms with E-state index in [1.54, 1.807) is 0 Å². The molecule has 1 heterocycles. The number of ether oxygens (including phenoxy) is 1. The lowest BCUT2D eigenvalue weighted by molar-refractivity contribution is -0.0459. The molecule has 1 N–H and O–H groups in total. The van der Waals surface area contributed by atoms with E-state index in [0.717, 1.165) is 13.2 Å². The zero-order chi connectivity index (χ0) is 8.32. The molecule has 0 aromatic carbocycles. The van der Waals surface area contributed by atoms with Gasteiger partial charge in [0.15, 0.2) is 0 Å². The van der Waals surface area contributed by atoms with Gasteiger partial charge in [-0.3, -0.25) is 0 Å². The fourth-order valence-electron chi connectivity index (χ4n) is 1.44. The van der Waals surface area contributed by atoms with Gasteiger partial charge in [0.2, 0.25) is 0 Å². The van der Waals surface area contributed by atoms with Gasteiger partial charge in [0.05, 0.1) is 12.7 Å². The monoisotopic (exact) mass is 157 g/mol. The van der Waals surface area contributed by atoms with Crippen molar-refractivity contribution in [1.82, 2.24) is 5.32 Å². The highest BCUT2D eigenvalue weighted by Gasteiger charge is 2.26. The van der Waals surface area contributed by atoms with E-state index in [0.29, 0.717) is 11.5 Å². The van der Waals surface area contributed by atoms with E-state index in [1.807, 2.05) is 7.05 Å². The first-order chi connectivity index (χ1) is 5.14. The summed E-state index contributed by atoms with van der Waals surface area (Å²) in [6.45, 7) is 6.45. The van der Waals surface area contributed by atoms with Gasteiger partial charge < -0.3 is 10.1 Å². The molecule has 0 aromatic heterocycles. The molecule has 0 spiro atoms. The van der Waals surface area contributed by atoms with E-state index in [2.05, 4.69) is 19.2 Å². The summed E-state index contributed by atoms with van der Waals surface area (Å²) in [6.07, 6.45) is 2.95. The topological polar surface area (TPSA) is 21.3 Å². The molecule has 0 unspecified atom stereocenters. The molecule has 0 bridgehead atoms. The molecule has 2 heteroatoms.